The Hall–Kier alpha value is -0.120. The Morgan fingerprint density at radius 1 is 0.895 bits per heavy atom. The molecule has 0 amide bonds. The Bertz CT molecular complexity index is 261. The Balaban J connectivity index is 1.34. The Morgan fingerprint density at radius 3 is 2.05 bits per heavy atom. The number of fused-ring (bicyclic) bond motifs is 2. The van der Waals surface area contributed by atoms with Gasteiger partial charge in [-0.15, -0.1) is 0 Å². The van der Waals surface area contributed by atoms with Crippen LogP contribution in [0.25, 0.3) is 0 Å². The number of nitrogens with zero attached hydrogens (tertiary/aromatic N) is 2. The lowest BCUT2D eigenvalue weighted by molar-refractivity contribution is 0.122. The highest BCUT2D eigenvalue weighted by molar-refractivity contribution is 4.92. The molecule has 0 spiro atoms. The molecule has 3 aliphatic heterocycles. The monoisotopic (exact) mass is 265 g/mol. The normalized spacial score (nSPS) is 36.8. The number of hydrogen-bond acceptors (Lipinski definition) is 3. The van der Waals surface area contributed by atoms with Gasteiger partial charge in [0.1, 0.15) is 0 Å². The predicted molar refractivity (Wildman–Crippen MR) is 80.5 cm³/mol. The number of piperazine rings is 1. The Morgan fingerprint density at radius 2 is 1.47 bits per heavy atom. The third kappa shape index (κ3) is 3.71. The predicted octanol–water partition coefficient (Wildman–Crippen LogP) is 1.93. The molecule has 3 rings (SSSR count). The summed E-state index contributed by atoms with van der Waals surface area (Å²) in [5.41, 5.74) is 0. The zero-order valence-corrected chi connectivity index (χ0v) is 12.6. The van der Waals surface area contributed by atoms with Gasteiger partial charge in [0, 0.05) is 38.3 Å². The largest absolute Gasteiger partial charge is 0.311 e. The van der Waals surface area contributed by atoms with Gasteiger partial charge in [-0.1, -0.05) is 6.92 Å². The van der Waals surface area contributed by atoms with Gasteiger partial charge in [0.15, 0.2) is 0 Å². The number of rotatable bonds is 5. The van der Waals surface area contributed by atoms with E-state index >= 15 is 0 Å². The average molecular weight is 265 g/mol. The van der Waals surface area contributed by atoms with Crippen molar-refractivity contribution in [2.75, 3.05) is 39.3 Å². The second-order valence-corrected chi connectivity index (χ2v) is 6.95. The number of hydrogen-bond donors (Lipinski definition) is 1. The molecular formula is C16H31N3. The van der Waals surface area contributed by atoms with Crippen LogP contribution in [0.3, 0.4) is 0 Å². The summed E-state index contributed by atoms with van der Waals surface area (Å²) in [5, 5.41) is 3.76. The van der Waals surface area contributed by atoms with Crippen molar-refractivity contribution >= 4 is 0 Å². The maximum absolute atomic E-state index is 3.76. The maximum Gasteiger partial charge on any atom is 0.0110 e. The van der Waals surface area contributed by atoms with E-state index in [1.165, 1.54) is 77.8 Å². The van der Waals surface area contributed by atoms with Crippen molar-refractivity contribution in [3.8, 4) is 0 Å². The van der Waals surface area contributed by atoms with Gasteiger partial charge in [-0.2, -0.15) is 0 Å². The molecule has 1 N–H and O–H groups in total. The van der Waals surface area contributed by atoms with Gasteiger partial charge in [0.05, 0.1) is 0 Å². The summed E-state index contributed by atoms with van der Waals surface area (Å²) in [4.78, 5) is 5.33. The van der Waals surface area contributed by atoms with E-state index < -0.39 is 0 Å². The molecule has 3 heterocycles. The van der Waals surface area contributed by atoms with Gasteiger partial charge in [-0.3, -0.25) is 0 Å². The Kier molecular flexibility index (Phi) is 4.78. The van der Waals surface area contributed by atoms with Crippen LogP contribution in [-0.2, 0) is 0 Å². The first-order valence-electron chi connectivity index (χ1n) is 8.54. The molecule has 3 nitrogen and oxygen atoms in total. The summed E-state index contributed by atoms with van der Waals surface area (Å²) in [7, 11) is 0. The van der Waals surface area contributed by atoms with E-state index in [-0.39, 0.29) is 0 Å². The lowest BCUT2D eigenvalue weighted by atomic mass is 9.89. The molecule has 0 aromatic heterocycles. The fourth-order valence-electron chi connectivity index (χ4n) is 4.33. The van der Waals surface area contributed by atoms with Crippen molar-refractivity contribution < 1.29 is 0 Å². The van der Waals surface area contributed by atoms with E-state index in [2.05, 4.69) is 22.0 Å². The molecule has 2 bridgehead atoms. The van der Waals surface area contributed by atoms with Crippen molar-refractivity contribution in [1.82, 2.24) is 15.1 Å². The lowest BCUT2D eigenvalue weighted by Gasteiger charge is -2.36. The number of piperidine rings is 1. The van der Waals surface area contributed by atoms with E-state index in [1.807, 2.05) is 0 Å². The second-order valence-electron chi connectivity index (χ2n) is 6.95. The summed E-state index contributed by atoms with van der Waals surface area (Å²) in [6, 6.07) is 1.73. The van der Waals surface area contributed by atoms with Crippen molar-refractivity contribution in [3.05, 3.63) is 0 Å². The molecule has 3 aliphatic rings. The van der Waals surface area contributed by atoms with Crippen LogP contribution in [0.1, 0.15) is 45.4 Å². The molecule has 2 unspecified atom stereocenters. The van der Waals surface area contributed by atoms with Gasteiger partial charge in [-0.05, 0) is 57.5 Å². The fourth-order valence-corrected chi connectivity index (χ4v) is 4.33. The summed E-state index contributed by atoms with van der Waals surface area (Å²) >= 11 is 0. The third-order valence-electron chi connectivity index (χ3n) is 5.43. The van der Waals surface area contributed by atoms with Crippen molar-refractivity contribution in [3.63, 3.8) is 0 Å². The van der Waals surface area contributed by atoms with Gasteiger partial charge in [0.25, 0.3) is 0 Å². The van der Waals surface area contributed by atoms with E-state index in [0.29, 0.717) is 0 Å². The van der Waals surface area contributed by atoms with E-state index in [9.17, 15) is 0 Å². The first-order chi connectivity index (χ1) is 9.33. The minimum Gasteiger partial charge on any atom is -0.311 e. The van der Waals surface area contributed by atoms with Gasteiger partial charge < -0.3 is 15.1 Å². The molecule has 3 heteroatoms. The molecular weight excluding hydrogens is 234 g/mol. The molecule has 3 saturated heterocycles. The summed E-state index contributed by atoms with van der Waals surface area (Å²) in [6.45, 7) is 10.1. The zero-order valence-electron chi connectivity index (χ0n) is 12.6. The highest BCUT2D eigenvalue weighted by atomic mass is 15.3. The molecule has 0 aromatic rings. The minimum atomic E-state index is 0.866. The lowest BCUT2D eigenvalue weighted by Crippen LogP contribution is -2.47. The highest BCUT2D eigenvalue weighted by Gasteiger charge is 2.33. The second kappa shape index (κ2) is 6.55. The topological polar surface area (TPSA) is 18.5 Å². The van der Waals surface area contributed by atoms with Gasteiger partial charge in [0.2, 0.25) is 0 Å². The zero-order chi connectivity index (χ0) is 13.1. The molecule has 19 heavy (non-hydrogen) atoms. The summed E-state index contributed by atoms with van der Waals surface area (Å²) < 4.78 is 0. The van der Waals surface area contributed by atoms with Crippen LogP contribution >= 0.6 is 0 Å². The van der Waals surface area contributed by atoms with E-state index in [1.54, 1.807) is 0 Å². The summed E-state index contributed by atoms with van der Waals surface area (Å²) in [5.74, 6) is 1.01. The van der Waals surface area contributed by atoms with Crippen LogP contribution in [-0.4, -0.2) is 61.2 Å². The van der Waals surface area contributed by atoms with Crippen LogP contribution in [0.15, 0.2) is 0 Å². The molecule has 0 aromatic carbocycles. The first kappa shape index (κ1) is 13.8. The summed E-state index contributed by atoms with van der Waals surface area (Å²) in [6.07, 6.45) is 8.53. The molecule has 0 radical (unpaired) electrons. The van der Waals surface area contributed by atoms with Crippen LogP contribution < -0.4 is 5.32 Å². The molecule has 110 valence electrons. The first-order valence-corrected chi connectivity index (χ1v) is 8.54. The maximum atomic E-state index is 3.76. The highest BCUT2D eigenvalue weighted by Crippen LogP contribution is 2.32. The van der Waals surface area contributed by atoms with Crippen LogP contribution in [0, 0.1) is 5.92 Å². The third-order valence-corrected chi connectivity index (χ3v) is 5.43. The standard InChI is InChI=1S/C16H31N3/c1-2-6-18-8-10-19(11-9-18)7-5-14-12-15-3-4-16(13-14)17-15/h14-17H,2-13H2,1H3. The van der Waals surface area contributed by atoms with Gasteiger partial charge in [-0.25, -0.2) is 0 Å². The smallest absolute Gasteiger partial charge is 0.0110 e. The number of nitrogens with one attached hydrogen (secondary N) is 1. The molecule has 2 atom stereocenters. The Labute approximate surface area is 118 Å². The van der Waals surface area contributed by atoms with Crippen LogP contribution in [0.4, 0.5) is 0 Å². The van der Waals surface area contributed by atoms with E-state index in [0.717, 1.165) is 18.0 Å². The van der Waals surface area contributed by atoms with Gasteiger partial charge >= 0.3 is 0 Å². The minimum absolute atomic E-state index is 0.866. The van der Waals surface area contributed by atoms with Crippen LogP contribution in [0.2, 0.25) is 0 Å². The van der Waals surface area contributed by atoms with E-state index in [4.69, 9.17) is 0 Å². The van der Waals surface area contributed by atoms with Crippen LogP contribution in [0.5, 0.6) is 0 Å². The SMILES string of the molecule is CCCN1CCN(CCC2CC3CCC(C2)N3)CC1. The molecule has 3 fully saturated rings. The average Bonchev–Trinajstić information content (AvgIpc) is 2.77. The molecule has 0 aliphatic carbocycles. The fraction of sp³-hybridized carbons (Fsp3) is 1.00. The quantitative estimate of drug-likeness (QED) is 0.819. The van der Waals surface area contributed by atoms with Crippen molar-refractivity contribution in [2.45, 2.75) is 57.5 Å². The van der Waals surface area contributed by atoms with Crippen molar-refractivity contribution in [2.24, 2.45) is 5.92 Å². The molecule has 0 saturated carbocycles. The van der Waals surface area contributed by atoms with Crippen molar-refractivity contribution in [1.29, 1.82) is 0 Å².